The minimum atomic E-state index is -3.52. The first kappa shape index (κ1) is 24.2. The minimum absolute atomic E-state index is 0.135. The quantitative estimate of drug-likeness (QED) is 0.440. The fourth-order valence-electron chi connectivity index (χ4n) is 3.49. The van der Waals surface area contributed by atoms with Gasteiger partial charge in [0.2, 0.25) is 15.9 Å². The van der Waals surface area contributed by atoms with Gasteiger partial charge in [-0.3, -0.25) is 4.79 Å². The molecule has 1 heterocycles. The molecule has 0 bridgehead atoms. The smallest absolute Gasteiger partial charge is 0.243 e. The molecule has 1 atom stereocenters. The molecule has 1 N–H and O–H groups in total. The Labute approximate surface area is 194 Å². The summed E-state index contributed by atoms with van der Waals surface area (Å²) >= 11 is 1.44. The zero-order chi connectivity index (χ0) is 23.3. The molecule has 1 amide bonds. The number of aryl methyl sites for hydroxylation is 1. The van der Waals surface area contributed by atoms with Crippen molar-refractivity contribution in [3.63, 3.8) is 0 Å². The number of carbonyl (C=O) groups is 1. The number of carbonyl (C=O) groups excluding carboxylic acids is 1. The van der Waals surface area contributed by atoms with Gasteiger partial charge in [0, 0.05) is 24.2 Å². The van der Waals surface area contributed by atoms with Crippen LogP contribution >= 0.6 is 11.8 Å². The average molecular weight is 472 g/mol. The first-order chi connectivity index (χ1) is 15.3. The number of thioether (sulfide) groups is 1. The van der Waals surface area contributed by atoms with Gasteiger partial charge in [-0.2, -0.15) is 4.31 Å². The monoisotopic (exact) mass is 471 g/mol. The van der Waals surface area contributed by atoms with Gasteiger partial charge in [-0.1, -0.05) is 50.7 Å². The summed E-state index contributed by atoms with van der Waals surface area (Å²) in [7, 11) is -3.52. The lowest BCUT2D eigenvalue weighted by molar-refractivity contribution is -0.115. The second-order valence-corrected chi connectivity index (χ2v) is 10.6. The van der Waals surface area contributed by atoms with E-state index in [0.29, 0.717) is 25.2 Å². The third kappa shape index (κ3) is 5.31. The maximum Gasteiger partial charge on any atom is 0.243 e. The van der Waals surface area contributed by atoms with E-state index < -0.39 is 10.0 Å². The van der Waals surface area contributed by atoms with Gasteiger partial charge in [0.05, 0.1) is 20.7 Å². The lowest BCUT2D eigenvalue weighted by atomic mass is 10.1. The van der Waals surface area contributed by atoms with Gasteiger partial charge in [0.25, 0.3) is 0 Å². The molecule has 0 radical (unpaired) electrons. The third-order valence-electron chi connectivity index (χ3n) is 5.29. The van der Waals surface area contributed by atoms with Crippen LogP contribution < -0.4 is 5.32 Å². The Morgan fingerprint density at radius 1 is 1.06 bits per heavy atom. The van der Waals surface area contributed by atoms with Crippen molar-refractivity contribution < 1.29 is 13.2 Å². The number of aromatic nitrogens is 1. The summed E-state index contributed by atoms with van der Waals surface area (Å²) in [5.74, 6) is -0.135. The number of fused-ring (bicyclic) bond motifs is 1. The molecular weight excluding hydrogens is 442 g/mol. The second-order valence-electron chi connectivity index (χ2n) is 7.41. The summed E-state index contributed by atoms with van der Waals surface area (Å²) in [6.45, 7) is 8.45. The SMILES string of the molecule is CCC(Sc1cc(C)c2ccccc2n1)C(=O)Nc1ccc(S(=O)(=O)N(CC)CC)cc1. The third-order valence-corrected chi connectivity index (χ3v) is 8.64. The average Bonchev–Trinajstić information content (AvgIpc) is 2.78. The van der Waals surface area contributed by atoms with E-state index in [1.54, 1.807) is 12.1 Å². The predicted octanol–water partition coefficient (Wildman–Crippen LogP) is 5.08. The van der Waals surface area contributed by atoms with Crippen LogP contribution in [-0.4, -0.2) is 42.0 Å². The largest absolute Gasteiger partial charge is 0.325 e. The Balaban J connectivity index is 1.73. The van der Waals surface area contributed by atoms with Crippen molar-refractivity contribution in [3.05, 3.63) is 60.2 Å². The molecule has 0 saturated carbocycles. The summed E-state index contributed by atoms with van der Waals surface area (Å²) in [6.07, 6.45) is 0.637. The highest BCUT2D eigenvalue weighted by atomic mass is 32.2. The molecule has 0 saturated heterocycles. The van der Waals surface area contributed by atoms with Gasteiger partial charge in [-0.05, 0) is 55.3 Å². The van der Waals surface area contributed by atoms with Crippen LogP contribution in [0.25, 0.3) is 10.9 Å². The first-order valence-corrected chi connectivity index (χ1v) is 13.1. The molecule has 0 aliphatic carbocycles. The topological polar surface area (TPSA) is 79.4 Å². The van der Waals surface area contributed by atoms with Gasteiger partial charge in [-0.15, -0.1) is 0 Å². The highest BCUT2D eigenvalue weighted by Crippen LogP contribution is 2.29. The molecule has 0 spiro atoms. The van der Waals surface area contributed by atoms with E-state index in [9.17, 15) is 13.2 Å². The Hall–Kier alpha value is -2.42. The van der Waals surface area contributed by atoms with Crippen LogP contribution in [0.5, 0.6) is 0 Å². The highest BCUT2D eigenvalue weighted by molar-refractivity contribution is 8.00. The Bertz CT molecular complexity index is 1190. The molecule has 3 aromatic rings. The molecular formula is C24H29N3O3S2. The van der Waals surface area contributed by atoms with Crippen molar-refractivity contribution in [2.45, 2.75) is 49.3 Å². The summed E-state index contributed by atoms with van der Waals surface area (Å²) < 4.78 is 26.7. The van der Waals surface area contributed by atoms with Crippen molar-refractivity contribution >= 4 is 44.3 Å². The van der Waals surface area contributed by atoms with Gasteiger partial charge >= 0.3 is 0 Å². The Kier molecular flexibility index (Phi) is 7.92. The standard InChI is InChI=1S/C24H29N3O3S2/c1-5-22(31-23-16-17(4)20-10-8-9-11-21(20)26-23)24(28)25-18-12-14-19(15-13-18)32(29,30)27(6-2)7-3/h8-16,22H,5-7H2,1-4H3,(H,25,28). The Morgan fingerprint density at radius 3 is 2.34 bits per heavy atom. The maximum atomic E-state index is 12.9. The zero-order valence-electron chi connectivity index (χ0n) is 18.8. The van der Waals surface area contributed by atoms with Crippen LogP contribution in [0.4, 0.5) is 5.69 Å². The molecule has 1 aromatic heterocycles. The van der Waals surface area contributed by atoms with Crippen molar-refractivity contribution in [1.29, 1.82) is 0 Å². The molecule has 0 fully saturated rings. The van der Waals surface area contributed by atoms with Crippen molar-refractivity contribution in [1.82, 2.24) is 9.29 Å². The van der Waals surface area contributed by atoms with E-state index in [1.807, 2.05) is 58.0 Å². The lowest BCUT2D eigenvalue weighted by Crippen LogP contribution is -2.30. The predicted molar refractivity (Wildman–Crippen MR) is 132 cm³/mol. The summed E-state index contributed by atoms with van der Waals surface area (Å²) in [5, 5.41) is 4.50. The highest BCUT2D eigenvalue weighted by Gasteiger charge is 2.22. The number of rotatable bonds is 9. The zero-order valence-corrected chi connectivity index (χ0v) is 20.5. The van der Waals surface area contributed by atoms with Crippen LogP contribution in [0.15, 0.2) is 64.5 Å². The molecule has 170 valence electrons. The molecule has 0 aliphatic heterocycles. The van der Waals surface area contributed by atoms with Crippen LogP contribution in [0, 0.1) is 6.92 Å². The van der Waals surface area contributed by atoms with E-state index in [1.165, 1.54) is 28.2 Å². The van der Waals surface area contributed by atoms with Crippen molar-refractivity contribution in [2.75, 3.05) is 18.4 Å². The second kappa shape index (κ2) is 10.5. The number of sulfonamides is 1. The van der Waals surface area contributed by atoms with Gasteiger partial charge in [0.15, 0.2) is 0 Å². The van der Waals surface area contributed by atoms with E-state index in [2.05, 4.69) is 5.32 Å². The number of benzene rings is 2. The molecule has 0 aliphatic rings. The minimum Gasteiger partial charge on any atom is -0.325 e. The number of hydrogen-bond acceptors (Lipinski definition) is 5. The molecule has 32 heavy (non-hydrogen) atoms. The van der Waals surface area contributed by atoms with Gasteiger partial charge in [0.1, 0.15) is 0 Å². The molecule has 2 aromatic carbocycles. The molecule has 6 nitrogen and oxygen atoms in total. The number of amides is 1. The normalized spacial score (nSPS) is 12.8. The van der Waals surface area contributed by atoms with Gasteiger partial charge in [-0.25, -0.2) is 13.4 Å². The number of nitrogens with one attached hydrogen (secondary N) is 1. The number of nitrogens with zero attached hydrogens (tertiary/aromatic N) is 2. The van der Waals surface area contributed by atoms with Crippen molar-refractivity contribution in [3.8, 4) is 0 Å². The molecule has 8 heteroatoms. The van der Waals surface area contributed by atoms with Gasteiger partial charge < -0.3 is 5.32 Å². The van der Waals surface area contributed by atoms with Crippen LogP contribution in [-0.2, 0) is 14.8 Å². The molecule has 1 unspecified atom stereocenters. The Morgan fingerprint density at radius 2 is 1.72 bits per heavy atom. The van der Waals surface area contributed by atoms with Crippen molar-refractivity contribution in [2.24, 2.45) is 0 Å². The van der Waals surface area contributed by atoms with E-state index in [4.69, 9.17) is 4.98 Å². The maximum absolute atomic E-state index is 12.9. The van der Waals surface area contributed by atoms with E-state index in [-0.39, 0.29) is 16.1 Å². The van der Waals surface area contributed by atoms with Crippen LogP contribution in [0.2, 0.25) is 0 Å². The number of anilines is 1. The molecule has 3 rings (SSSR count). The van der Waals surface area contributed by atoms with Crippen LogP contribution in [0.1, 0.15) is 32.8 Å². The lowest BCUT2D eigenvalue weighted by Gasteiger charge is -2.19. The first-order valence-electron chi connectivity index (χ1n) is 10.7. The number of pyridine rings is 1. The fraction of sp³-hybridized carbons (Fsp3) is 0.333. The number of para-hydroxylation sites is 1. The summed E-state index contributed by atoms with van der Waals surface area (Å²) in [5.41, 5.74) is 2.60. The number of hydrogen-bond donors (Lipinski definition) is 1. The van der Waals surface area contributed by atoms with E-state index >= 15 is 0 Å². The summed E-state index contributed by atoms with van der Waals surface area (Å²) in [4.78, 5) is 17.8. The fourth-order valence-corrected chi connectivity index (χ4v) is 5.97. The van der Waals surface area contributed by atoms with Crippen LogP contribution in [0.3, 0.4) is 0 Å². The summed E-state index contributed by atoms with van der Waals surface area (Å²) in [6, 6.07) is 16.3. The van der Waals surface area contributed by atoms with E-state index in [0.717, 1.165) is 21.5 Å².